The summed E-state index contributed by atoms with van der Waals surface area (Å²) in [5.74, 6) is -0.262. The molecule has 0 saturated heterocycles. The SMILES string of the molecule is CCCNCc1sc(-c2cc(F)ccc2Br)nc1COC. The lowest BCUT2D eigenvalue weighted by Gasteiger charge is -2.02. The molecule has 21 heavy (non-hydrogen) atoms. The number of nitrogens with one attached hydrogen (secondary N) is 1. The highest BCUT2D eigenvalue weighted by molar-refractivity contribution is 9.10. The number of benzene rings is 1. The zero-order valence-electron chi connectivity index (χ0n) is 12.1. The summed E-state index contributed by atoms with van der Waals surface area (Å²) in [6.07, 6.45) is 1.08. The topological polar surface area (TPSA) is 34.2 Å². The van der Waals surface area contributed by atoms with Crippen molar-refractivity contribution in [3.63, 3.8) is 0 Å². The van der Waals surface area contributed by atoms with Crippen LogP contribution in [0.5, 0.6) is 0 Å². The first-order valence-electron chi connectivity index (χ1n) is 6.79. The standard InChI is InChI=1S/C15H18BrFN2OS/c1-3-6-18-8-14-13(9-20-2)19-15(21-14)11-7-10(17)4-5-12(11)16/h4-5,7,18H,3,6,8-9H2,1-2H3. The maximum atomic E-state index is 13.5. The van der Waals surface area contributed by atoms with E-state index in [0.717, 1.165) is 45.1 Å². The van der Waals surface area contributed by atoms with Crippen LogP contribution in [0.1, 0.15) is 23.9 Å². The number of methoxy groups -OCH3 is 1. The molecule has 0 atom stereocenters. The lowest BCUT2D eigenvalue weighted by molar-refractivity contribution is 0.181. The number of nitrogens with zero attached hydrogens (tertiary/aromatic N) is 1. The third kappa shape index (κ3) is 4.32. The van der Waals surface area contributed by atoms with Gasteiger partial charge in [0.15, 0.2) is 0 Å². The molecule has 114 valence electrons. The van der Waals surface area contributed by atoms with E-state index in [0.29, 0.717) is 6.61 Å². The molecule has 0 saturated carbocycles. The first kappa shape index (κ1) is 16.5. The van der Waals surface area contributed by atoms with Crippen LogP contribution in [0.2, 0.25) is 0 Å². The quantitative estimate of drug-likeness (QED) is 0.733. The van der Waals surface area contributed by atoms with Crippen LogP contribution in [0.4, 0.5) is 4.39 Å². The summed E-state index contributed by atoms with van der Waals surface area (Å²) in [7, 11) is 1.65. The molecule has 1 N–H and O–H groups in total. The summed E-state index contributed by atoms with van der Waals surface area (Å²) in [5.41, 5.74) is 1.69. The van der Waals surface area contributed by atoms with E-state index in [4.69, 9.17) is 4.74 Å². The number of thiazole rings is 1. The van der Waals surface area contributed by atoms with Crippen molar-refractivity contribution in [3.05, 3.63) is 39.1 Å². The molecule has 0 spiro atoms. The summed E-state index contributed by atoms with van der Waals surface area (Å²) in [5, 5.41) is 4.18. The van der Waals surface area contributed by atoms with Gasteiger partial charge in [-0.05, 0) is 31.2 Å². The fourth-order valence-corrected chi connectivity index (χ4v) is 3.56. The third-order valence-corrected chi connectivity index (χ3v) is 4.75. The van der Waals surface area contributed by atoms with E-state index in [2.05, 4.69) is 33.2 Å². The first-order valence-corrected chi connectivity index (χ1v) is 8.40. The summed E-state index contributed by atoms with van der Waals surface area (Å²) < 4.78 is 19.5. The molecule has 0 amide bonds. The Hall–Kier alpha value is -0.820. The molecule has 1 aromatic carbocycles. The van der Waals surface area contributed by atoms with Gasteiger partial charge in [-0.15, -0.1) is 11.3 Å². The van der Waals surface area contributed by atoms with Crippen molar-refractivity contribution in [1.82, 2.24) is 10.3 Å². The van der Waals surface area contributed by atoms with Crippen molar-refractivity contribution in [2.75, 3.05) is 13.7 Å². The summed E-state index contributed by atoms with van der Waals surface area (Å²) in [6, 6.07) is 4.64. The van der Waals surface area contributed by atoms with Gasteiger partial charge < -0.3 is 10.1 Å². The highest BCUT2D eigenvalue weighted by Crippen LogP contribution is 2.34. The van der Waals surface area contributed by atoms with Crippen LogP contribution < -0.4 is 5.32 Å². The fourth-order valence-electron chi connectivity index (χ4n) is 1.93. The smallest absolute Gasteiger partial charge is 0.125 e. The fraction of sp³-hybridized carbons (Fsp3) is 0.400. The van der Waals surface area contributed by atoms with Gasteiger partial charge in [-0.2, -0.15) is 0 Å². The van der Waals surface area contributed by atoms with Gasteiger partial charge in [0.2, 0.25) is 0 Å². The van der Waals surface area contributed by atoms with E-state index in [1.807, 2.05) is 0 Å². The Balaban J connectivity index is 2.31. The van der Waals surface area contributed by atoms with Crippen molar-refractivity contribution in [1.29, 1.82) is 0 Å². The van der Waals surface area contributed by atoms with Gasteiger partial charge in [0.25, 0.3) is 0 Å². The van der Waals surface area contributed by atoms with Crippen molar-refractivity contribution in [2.24, 2.45) is 0 Å². The molecule has 0 aliphatic carbocycles. The van der Waals surface area contributed by atoms with Gasteiger partial charge in [-0.3, -0.25) is 0 Å². The second-order valence-electron chi connectivity index (χ2n) is 4.62. The molecule has 2 rings (SSSR count). The lowest BCUT2D eigenvalue weighted by atomic mass is 10.2. The normalized spacial score (nSPS) is 11.0. The highest BCUT2D eigenvalue weighted by atomic mass is 79.9. The van der Waals surface area contributed by atoms with Crippen LogP contribution in [0.15, 0.2) is 22.7 Å². The number of aromatic nitrogens is 1. The summed E-state index contributed by atoms with van der Waals surface area (Å²) in [6.45, 7) is 4.32. The average molecular weight is 373 g/mol. The van der Waals surface area contributed by atoms with Crippen LogP contribution >= 0.6 is 27.3 Å². The second kappa shape index (κ2) is 7.98. The predicted molar refractivity (Wildman–Crippen MR) is 87.9 cm³/mol. The Kier molecular flexibility index (Phi) is 6.29. The number of hydrogen-bond acceptors (Lipinski definition) is 4. The van der Waals surface area contributed by atoms with E-state index in [1.54, 1.807) is 24.5 Å². The number of halogens is 2. The molecule has 0 radical (unpaired) electrons. The molecule has 6 heteroatoms. The zero-order valence-corrected chi connectivity index (χ0v) is 14.5. The Labute approximate surface area is 136 Å². The molecular formula is C15H18BrFN2OS. The van der Waals surface area contributed by atoms with Crippen molar-refractivity contribution in [3.8, 4) is 10.6 Å². The highest BCUT2D eigenvalue weighted by Gasteiger charge is 2.14. The van der Waals surface area contributed by atoms with Gasteiger partial charge in [-0.25, -0.2) is 9.37 Å². The minimum absolute atomic E-state index is 0.262. The van der Waals surface area contributed by atoms with E-state index >= 15 is 0 Å². The minimum Gasteiger partial charge on any atom is -0.378 e. The minimum atomic E-state index is -0.262. The van der Waals surface area contributed by atoms with Gasteiger partial charge in [0, 0.05) is 28.6 Å². The Bertz CT molecular complexity index is 603. The largest absolute Gasteiger partial charge is 0.378 e. The Morgan fingerprint density at radius 1 is 1.43 bits per heavy atom. The van der Waals surface area contributed by atoms with Crippen molar-refractivity contribution in [2.45, 2.75) is 26.5 Å². The molecule has 0 aliphatic heterocycles. The van der Waals surface area contributed by atoms with Crippen molar-refractivity contribution >= 4 is 27.3 Å². The molecule has 0 bridgehead atoms. The molecule has 0 aliphatic rings. The number of ether oxygens (including phenoxy) is 1. The third-order valence-electron chi connectivity index (χ3n) is 2.93. The van der Waals surface area contributed by atoms with Crippen LogP contribution in [0.3, 0.4) is 0 Å². The van der Waals surface area contributed by atoms with Crippen LogP contribution in [-0.2, 0) is 17.9 Å². The van der Waals surface area contributed by atoms with Gasteiger partial charge in [0.05, 0.1) is 12.3 Å². The number of rotatable bonds is 7. The summed E-state index contributed by atoms with van der Waals surface area (Å²) >= 11 is 5.03. The van der Waals surface area contributed by atoms with Crippen LogP contribution in [0, 0.1) is 5.82 Å². The lowest BCUT2D eigenvalue weighted by Crippen LogP contribution is -2.14. The molecular weight excluding hydrogens is 355 g/mol. The predicted octanol–water partition coefficient (Wildman–Crippen LogP) is 4.36. The van der Waals surface area contributed by atoms with Crippen LogP contribution in [0.25, 0.3) is 10.6 Å². The molecule has 1 aromatic heterocycles. The Morgan fingerprint density at radius 3 is 2.95 bits per heavy atom. The zero-order chi connectivity index (χ0) is 15.2. The molecule has 0 fully saturated rings. The monoisotopic (exact) mass is 372 g/mol. The van der Waals surface area contributed by atoms with Gasteiger partial charge in [-0.1, -0.05) is 22.9 Å². The second-order valence-corrected chi connectivity index (χ2v) is 6.56. The Morgan fingerprint density at radius 2 is 2.24 bits per heavy atom. The first-order chi connectivity index (χ1) is 10.2. The van der Waals surface area contributed by atoms with Gasteiger partial charge >= 0.3 is 0 Å². The maximum Gasteiger partial charge on any atom is 0.125 e. The van der Waals surface area contributed by atoms with E-state index < -0.39 is 0 Å². The van der Waals surface area contributed by atoms with Crippen LogP contribution in [-0.4, -0.2) is 18.6 Å². The van der Waals surface area contributed by atoms with E-state index in [1.165, 1.54) is 12.1 Å². The average Bonchev–Trinajstić information content (AvgIpc) is 2.85. The maximum absolute atomic E-state index is 13.5. The molecule has 3 nitrogen and oxygen atoms in total. The van der Waals surface area contributed by atoms with E-state index in [9.17, 15) is 4.39 Å². The molecule has 0 unspecified atom stereocenters. The van der Waals surface area contributed by atoms with Gasteiger partial charge in [0.1, 0.15) is 10.8 Å². The van der Waals surface area contributed by atoms with E-state index in [-0.39, 0.29) is 5.82 Å². The molecule has 2 aromatic rings. The number of hydrogen-bond donors (Lipinski definition) is 1. The van der Waals surface area contributed by atoms with Crippen molar-refractivity contribution < 1.29 is 9.13 Å². The summed E-state index contributed by atoms with van der Waals surface area (Å²) in [4.78, 5) is 5.74. The molecule has 1 heterocycles.